The van der Waals surface area contributed by atoms with Crippen molar-refractivity contribution in [1.82, 2.24) is 4.42 Å². The Kier molecular flexibility index (Phi) is 7.74. The van der Waals surface area contributed by atoms with Gasteiger partial charge in [0.2, 0.25) is 0 Å². The molecule has 0 aromatic heterocycles. The van der Waals surface area contributed by atoms with E-state index < -0.39 is 17.8 Å². The summed E-state index contributed by atoms with van der Waals surface area (Å²) in [6.07, 6.45) is -1.33. The van der Waals surface area contributed by atoms with E-state index in [1.165, 1.54) is 25.3 Å². The predicted octanol–water partition coefficient (Wildman–Crippen LogP) is 2.35. The molecule has 0 aliphatic heterocycles. The minimum absolute atomic E-state index is 0.0275. The number of nitrogens with zero attached hydrogens (tertiary/aromatic N) is 1. The SMILES string of the molecule is COC(C(=O)N(Cl)Cc1ccc(C(=N)N)cc1)c1c(F)cccc1OCCO. The van der Waals surface area contributed by atoms with Gasteiger partial charge in [0.1, 0.15) is 24.0 Å². The summed E-state index contributed by atoms with van der Waals surface area (Å²) < 4.78 is 25.8. The Morgan fingerprint density at radius 3 is 2.57 bits per heavy atom. The summed E-state index contributed by atoms with van der Waals surface area (Å²) in [4.78, 5) is 12.8. The number of hydrogen-bond acceptors (Lipinski definition) is 5. The second-order valence-corrected chi connectivity index (χ2v) is 6.22. The molecule has 1 atom stereocenters. The van der Waals surface area contributed by atoms with Gasteiger partial charge in [0.25, 0.3) is 5.91 Å². The highest BCUT2D eigenvalue weighted by atomic mass is 35.5. The van der Waals surface area contributed by atoms with Crippen molar-refractivity contribution in [1.29, 1.82) is 5.41 Å². The predicted molar refractivity (Wildman–Crippen MR) is 103 cm³/mol. The summed E-state index contributed by atoms with van der Waals surface area (Å²) in [5.41, 5.74) is 6.55. The molecule has 0 saturated carbocycles. The minimum atomic E-state index is -1.33. The molecule has 0 saturated heterocycles. The first-order chi connectivity index (χ1) is 13.4. The van der Waals surface area contributed by atoms with Crippen molar-refractivity contribution < 1.29 is 23.8 Å². The number of methoxy groups -OCH3 is 1. The first kappa shape index (κ1) is 21.6. The molecule has 0 bridgehead atoms. The third kappa shape index (κ3) is 5.19. The quantitative estimate of drug-likeness (QED) is 0.334. The Morgan fingerprint density at radius 1 is 1.32 bits per heavy atom. The van der Waals surface area contributed by atoms with Crippen molar-refractivity contribution >= 4 is 23.5 Å². The number of aliphatic hydroxyl groups is 1. The summed E-state index contributed by atoms with van der Waals surface area (Å²) in [7, 11) is 1.26. The van der Waals surface area contributed by atoms with Crippen molar-refractivity contribution in [2.75, 3.05) is 20.3 Å². The molecule has 0 heterocycles. The Balaban J connectivity index is 2.22. The Hall–Kier alpha value is -2.68. The third-order valence-electron chi connectivity index (χ3n) is 3.91. The highest BCUT2D eigenvalue weighted by Gasteiger charge is 2.30. The van der Waals surface area contributed by atoms with Crippen LogP contribution in [0.4, 0.5) is 4.39 Å². The van der Waals surface area contributed by atoms with Crippen molar-refractivity contribution in [2.24, 2.45) is 5.73 Å². The largest absolute Gasteiger partial charge is 0.491 e. The zero-order valence-corrected chi connectivity index (χ0v) is 15.9. The molecule has 0 spiro atoms. The average molecular weight is 410 g/mol. The number of nitrogens with two attached hydrogens (primary N) is 1. The maximum atomic E-state index is 14.4. The van der Waals surface area contributed by atoms with Crippen LogP contribution in [0.25, 0.3) is 0 Å². The van der Waals surface area contributed by atoms with Gasteiger partial charge in [-0.3, -0.25) is 10.2 Å². The topological polar surface area (TPSA) is 109 Å². The summed E-state index contributed by atoms with van der Waals surface area (Å²) in [6, 6.07) is 10.7. The zero-order chi connectivity index (χ0) is 20.7. The number of carbonyl (C=O) groups is 1. The Labute approximate surface area is 167 Å². The molecule has 0 radical (unpaired) electrons. The van der Waals surface area contributed by atoms with Gasteiger partial charge in [-0.1, -0.05) is 30.3 Å². The smallest absolute Gasteiger partial charge is 0.271 e. The molecule has 7 nitrogen and oxygen atoms in total. The number of ether oxygens (including phenoxy) is 2. The number of halogens is 2. The Morgan fingerprint density at radius 2 is 2.00 bits per heavy atom. The van der Waals surface area contributed by atoms with Gasteiger partial charge < -0.3 is 20.3 Å². The number of amidine groups is 1. The van der Waals surface area contributed by atoms with E-state index in [-0.39, 0.29) is 36.9 Å². The summed E-state index contributed by atoms with van der Waals surface area (Å²) in [6.45, 7) is -0.298. The van der Waals surface area contributed by atoms with E-state index in [2.05, 4.69) is 0 Å². The highest BCUT2D eigenvalue weighted by molar-refractivity contribution is 6.21. The summed E-state index contributed by atoms with van der Waals surface area (Å²) >= 11 is 6.13. The number of nitrogen functional groups attached to an aromatic ring is 1. The van der Waals surface area contributed by atoms with Crippen LogP contribution in [0.3, 0.4) is 0 Å². The molecular weight excluding hydrogens is 389 g/mol. The van der Waals surface area contributed by atoms with Crippen LogP contribution < -0.4 is 10.5 Å². The van der Waals surface area contributed by atoms with Crippen molar-refractivity contribution in [3.05, 3.63) is 65.0 Å². The van der Waals surface area contributed by atoms with E-state index in [1.807, 2.05) is 0 Å². The van der Waals surface area contributed by atoms with E-state index in [9.17, 15) is 9.18 Å². The molecule has 1 amide bonds. The average Bonchev–Trinajstić information content (AvgIpc) is 2.68. The summed E-state index contributed by atoms with van der Waals surface area (Å²) in [5, 5.41) is 16.3. The molecule has 4 N–H and O–H groups in total. The van der Waals surface area contributed by atoms with Crippen LogP contribution in [0.2, 0.25) is 0 Å². The molecule has 2 aromatic carbocycles. The van der Waals surface area contributed by atoms with Crippen LogP contribution in [0.1, 0.15) is 22.8 Å². The van der Waals surface area contributed by atoms with Gasteiger partial charge >= 0.3 is 0 Å². The van der Waals surface area contributed by atoms with Crippen LogP contribution in [-0.4, -0.2) is 41.6 Å². The van der Waals surface area contributed by atoms with Gasteiger partial charge in [0.05, 0.1) is 18.7 Å². The van der Waals surface area contributed by atoms with E-state index in [1.54, 1.807) is 24.3 Å². The normalized spacial score (nSPS) is 11.7. The van der Waals surface area contributed by atoms with Crippen LogP contribution in [-0.2, 0) is 16.1 Å². The lowest BCUT2D eigenvalue weighted by molar-refractivity contribution is -0.138. The first-order valence-corrected chi connectivity index (χ1v) is 8.68. The number of benzene rings is 2. The molecule has 150 valence electrons. The molecule has 0 fully saturated rings. The van der Waals surface area contributed by atoms with Crippen molar-refractivity contribution in [3.63, 3.8) is 0 Å². The Bertz CT molecular complexity index is 832. The molecular formula is C19H21ClFN3O4. The molecule has 28 heavy (non-hydrogen) atoms. The lowest BCUT2D eigenvalue weighted by Crippen LogP contribution is -2.29. The second-order valence-electron chi connectivity index (χ2n) is 5.81. The lowest BCUT2D eigenvalue weighted by atomic mass is 10.1. The monoisotopic (exact) mass is 409 g/mol. The zero-order valence-electron chi connectivity index (χ0n) is 15.2. The van der Waals surface area contributed by atoms with Gasteiger partial charge in [-0.2, -0.15) is 0 Å². The molecule has 1 unspecified atom stereocenters. The first-order valence-electron chi connectivity index (χ1n) is 8.34. The van der Waals surface area contributed by atoms with E-state index in [0.29, 0.717) is 11.1 Å². The van der Waals surface area contributed by atoms with Gasteiger partial charge in [-0.25, -0.2) is 8.81 Å². The fraction of sp³-hybridized carbons (Fsp3) is 0.263. The van der Waals surface area contributed by atoms with Crippen LogP contribution >= 0.6 is 11.8 Å². The van der Waals surface area contributed by atoms with Crippen LogP contribution in [0.15, 0.2) is 42.5 Å². The molecule has 0 aliphatic rings. The summed E-state index contributed by atoms with van der Waals surface area (Å²) in [5.74, 6) is -1.35. The van der Waals surface area contributed by atoms with Gasteiger partial charge in [0.15, 0.2) is 6.10 Å². The number of aliphatic hydroxyl groups excluding tert-OH is 1. The maximum absolute atomic E-state index is 14.4. The second kappa shape index (κ2) is 10.0. The fourth-order valence-corrected chi connectivity index (χ4v) is 2.78. The molecule has 2 rings (SSSR count). The number of rotatable bonds is 9. The van der Waals surface area contributed by atoms with Gasteiger partial charge in [-0.05, 0) is 17.7 Å². The molecule has 2 aromatic rings. The third-order valence-corrected chi connectivity index (χ3v) is 4.20. The number of hydrogen-bond donors (Lipinski definition) is 3. The van der Waals surface area contributed by atoms with E-state index in [0.717, 1.165) is 4.42 Å². The van der Waals surface area contributed by atoms with Crippen molar-refractivity contribution in [3.8, 4) is 5.75 Å². The highest BCUT2D eigenvalue weighted by Crippen LogP contribution is 2.32. The number of carbonyl (C=O) groups excluding carboxylic acids is 1. The lowest BCUT2D eigenvalue weighted by Gasteiger charge is -2.23. The van der Waals surface area contributed by atoms with E-state index >= 15 is 0 Å². The van der Waals surface area contributed by atoms with Crippen LogP contribution in [0.5, 0.6) is 5.75 Å². The number of nitrogens with one attached hydrogen (secondary N) is 1. The fourth-order valence-electron chi connectivity index (χ4n) is 2.55. The van der Waals surface area contributed by atoms with Gasteiger partial charge in [-0.15, -0.1) is 0 Å². The maximum Gasteiger partial charge on any atom is 0.271 e. The van der Waals surface area contributed by atoms with Gasteiger partial charge in [0, 0.05) is 24.4 Å². The molecule has 9 heteroatoms. The minimum Gasteiger partial charge on any atom is -0.491 e. The molecule has 0 aliphatic carbocycles. The standard InChI is InChI=1S/C19H21ClFN3O4/c1-27-17(16-14(21)3-2-4-15(16)28-10-9-25)19(26)24(20)11-12-5-7-13(8-6-12)18(22)23/h2-8,17,25H,9-11H2,1H3,(H3,22,23). The van der Waals surface area contributed by atoms with Crippen molar-refractivity contribution in [2.45, 2.75) is 12.6 Å². The number of amides is 1. The van der Waals surface area contributed by atoms with Crippen LogP contribution in [0, 0.1) is 11.2 Å². The van der Waals surface area contributed by atoms with E-state index in [4.69, 9.17) is 37.5 Å².